The molecule has 1 atom stereocenters. The van der Waals surface area contributed by atoms with Gasteiger partial charge in [-0.1, -0.05) is 0 Å². The molecule has 1 saturated heterocycles. The molecule has 2 nitrogen and oxygen atoms in total. The molecule has 1 unspecified atom stereocenters. The quantitative estimate of drug-likeness (QED) is 0.487. The summed E-state index contributed by atoms with van der Waals surface area (Å²) < 4.78 is 5.00. The Morgan fingerprint density at radius 3 is 3.00 bits per heavy atom. The molecule has 0 bridgehead atoms. The van der Waals surface area contributed by atoms with Crippen molar-refractivity contribution >= 4 is 18.0 Å². The summed E-state index contributed by atoms with van der Waals surface area (Å²) in [6.07, 6.45) is 0.964. The predicted octanol–water partition coefficient (Wildman–Crippen LogP) is 0.522. The van der Waals surface area contributed by atoms with Crippen molar-refractivity contribution in [2.45, 2.75) is 0 Å². The van der Waals surface area contributed by atoms with Gasteiger partial charge in [0, 0.05) is 11.7 Å². The molecule has 8 heavy (non-hydrogen) atoms. The number of ether oxygens (including phenoxy) is 1. The number of rotatable bonds is 1. The first-order chi connectivity index (χ1) is 3.93. The van der Waals surface area contributed by atoms with Crippen molar-refractivity contribution in [3.63, 3.8) is 0 Å². The molecule has 1 aliphatic rings. The fourth-order valence-electron chi connectivity index (χ4n) is 0.585. The highest BCUT2D eigenvalue weighted by molar-refractivity contribution is 7.99. The zero-order chi connectivity index (χ0) is 5.82. The number of hydrogen-bond donors (Lipinski definition) is 0. The van der Waals surface area contributed by atoms with Gasteiger partial charge in [-0.2, -0.15) is 0 Å². The van der Waals surface area contributed by atoms with Crippen molar-refractivity contribution in [1.29, 1.82) is 0 Å². The zero-order valence-electron chi connectivity index (χ0n) is 4.50. The Hall–Kier alpha value is -0.0200. The summed E-state index contributed by atoms with van der Waals surface area (Å²) in [7, 11) is 0. The Morgan fingerprint density at radius 1 is 1.75 bits per heavy atom. The van der Waals surface area contributed by atoms with Gasteiger partial charge in [0.2, 0.25) is 0 Å². The van der Waals surface area contributed by atoms with Gasteiger partial charge in [-0.3, -0.25) is 0 Å². The number of hydrogen-bond acceptors (Lipinski definition) is 3. The summed E-state index contributed by atoms with van der Waals surface area (Å²) in [6, 6.07) is 0. The second kappa shape index (κ2) is 3.10. The third-order valence-corrected chi connectivity index (χ3v) is 2.02. The van der Waals surface area contributed by atoms with Crippen LogP contribution in [0.4, 0.5) is 0 Å². The van der Waals surface area contributed by atoms with Crippen molar-refractivity contribution < 1.29 is 9.53 Å². The van der Waals surface area contributed by atoms with E-state index in [1.807, 2.05) is 0 Å². The van der Waals surface area contributed by atoms with Gasteiger partial charge < -0.3 is 9.53 Å². The minimum absolute atomic E-state index is 0.147. The molecule has 0 spiro atoms. The fourth-order valence-corrected chi connectivity index (χ4v) is 1.37. The Morgan fingerprint density at radius 2 is 2.62 bits per heavy atom. The summed E-state index contributed by atoms with van der Waals surface area (Å²) >= 11 is 1.67. The second-order valence-corrected chi connectivity index (χ2v) is 2.73. The van der Waals surface area contributed by atoms with Gasteiger partial charge in [0.15, 0.2) is 0 Å². The molecule has 1 fully saturated rings. The molecule has 1 heterocycles. The SMILES string of the molecule is O=CC1COCSC1. The summed E-state index contributed by atoms with van der Waals surface area (Å²) in [5.74, 6) is 1.84. The van der Waals surface area contributed by atoms with Gasteiger partial charge in [-0.05, 0) is 0 Å². The Bertz CT molecular complexity index is 78.5. The average Bonchev–Trinajstić information content (AvgIpc) is 1.90. The molecular weight excluding hydrogens is 124 g/mol. The Balaban J connectivity index is 2.22. The highest BCUT2D eigenvalue weighted by atomic mass is 32.2. The molecular formula is C5H8O2S. The van der Waals surface area contributed by atoms with E-state index >= 15 is 0 Å². The van der Waals surface area contributed by atoms with Crippen LogP contribution in [0.1, 0.15) is 0 Å². The van der Waals surface area contributed by atoms with Crippen LogP contribution in [-0.2, 0) is 9.53 Å². The van der Waals surface area contributed by atoms with E-state index in [1.54, 1.807) is 11.8 Å². The molecule has 0 amide bonds. The second-order valence-electron chi connectivity index (χ2n) is 1.76. The third-order valence-electron chi connectivity index (χ3n) is 1.02. The molecule has 0 radical (unpaired) electrons. The monoisotopic (exact) mass is 132 g/mol. The van der Waals surface area contributed by atoms with E-state index in [4.69, 9.17) is 4.74 Å². The van der Waals surface area contributed by atoms with E-state index in [9.17, 15) is 4.79 Å². The van der Waals surface area contributed by atoms with E-state index < -0.39 is 0 Å². The lowest BCUT2D eigenvalue weighted by atomic mass is 10.2. The van der Waals surface area contributed by atoms with E-state index in [0.29, 0.717) is 6.61 Å². The van der Waals surface area contributed by atoms with Gasteiger partial charge in [0.25, 0.3) is 0 Å². The summed E-state index contributed by atoms with van der Waals surface area (Å²) in [5.41, 5.74) is 0. The van der Waals surface area contributed by atoms with Gasteiger partial charge in [0.1, 0.15) is 6.29 Å². The first-order valence-corrected chi connectivity index (χ1v) is 3.69. The molecule has 0 aliphatic carbocycles. The van der Waals surface area contributed by atoms with E-state index in [-0.39, 0.29) is 5.92 Å². The average molecular weight is 132 g/mol. The molecule has 1 aliphatic heterocycles. The van der Waals surface area contributed by atoms with Crippen LogP contribution in [0.15, 0.2) is 0 Å². The molecule has 46 valence electrons. The summed E-state index contributed by atoms with van der Waals surface area (Å²) in [5, 5.41) is 0. The standard InChI is InChI=1S/C5H8O2S/c6-1-5-2-7-4-8-3-5/h1,5H,2-4H2. The van der Waals surface area contributed by atoms with Crippen LogP contribution < -0.4 is 0 Å². The lowest BCUT2D eigenvalue weighted by molar-refractivity contribution is -0.112. The summed E-state index contributed by atoms with van der Waals surface area (Å²) in [6.45, 7) is 0.622. The number of aldehydes is 1. The van der Waals surface area contributed by atoms with Crippen LogP contribution in [0.5, 0.6) is 0 Å². The maximum Gasteiger partial charge on any atom is 0.126 e. The largest absolute Gasteiger partial charge is 0.370 e. The van der Waals surface area contributed by atoms with E-state index in [0.717, 1.165) is 18.0 Å². The highest BCUT2D eigenvalue weighted by Gasteiger charge is 2.11. The van der Waals surface area contributed by atoms with Crippen LogP contribution in [-0.4, -0.2) is 24.6 Å². The van der Waals surface area contributed by atoms with Crippen molar-refractivity contribution in [3.8, 4) is 0 Å². The van der Waals surface area contributed by atoms with Gasteiger partial charge >= 0.3 is 0 Å². The molecule has 0 saturated carbocycles. The molecule has 0 aromatic carbocycles. The van der Waals surface area contributed by atoms with Gasteiger partial charge in [-0.25, -0.2) is 0 Å². The van der Waals surface area contributed by atoms with Crippen LogP contribution in [0, 0.1) is 5.92 Å². The fraction of sp³-hybridized carbons (Fsp3) is 0.800. The highest BCUT2D eigenvalue weighted by Crippen LogP contribution is 2.13. The number of thioether (sulfide) groups is 1. The Kier molecular flexibility index (Phi) is 2.36. The van der Waals surface area contributed by atoms with Gasteiger partial charge in [0.05, 0.1) is 12.5 Å². The molecule has 3 heteroatoms. The van der Waals surface area contributed by atoms with Crippen LogP contribution in [0.3, 0.4) is 0 Å². The smallest absolute Gasteiger partial charge is 0.126 e. The number of carbonyl (C=O) groups is 1. The van der Waals surface area contributed by atoms with E-state index in [1.165, 1.54) is 0 Å². The van der Waals surface area contributed by atoms with Crippen LogP contribution in [0.25, 0.3) is 0 Å². The van der Waals surface area contributed by atoms with Crippen LogP contribution >= 0.6 is 11.8 Å². The minimum atomic E-state index is 0.147. The van der Waals surface area contributed by atoms with Crippen molar-refractivity contribution in [2.24, 2.45) is 5.92 Å². The van der Waals surface area contributed by atoms with Crippen molar-refractivity contribution in [2.75, 3.05) is 18.3 Å². The lowest BCUT2D eigenvalue weighted by Crippen LogP contribution is -2.18. The molecule has 0 N–H and O–H groups in total. The molecule has 0 aromatic heterocycles. The van der Waals surface area contributed by atoms with E-state index in [2.05, 4.69) is 0 Å². The topological polar surface area (TPSA) is 26.3 Å². The van der Waals surface area contributed by atoms with Crippen molar-refractivity contribution in [3.05, 3.63) is 0 Å². The molecule has 0 aromatic rings. The lowest BCUT2D eigenvalue weighted by Gasteiger charge is -2.15. The molecule has 1 rings (SSSR count). The number of carbonyl (C=O) groups excluding carboxylic acids is 1. The minimum Gasteiger partial charge on any atom is -0.370 e. The van der Waals surface area contributed by atoms with Crippen molar-refractivity contribution in [1.82, 2.24) is 0 Å². The normalized spacial score (nSPS) is 29.8. The zero-order valence-corrected chi connectivity index (χ0v) is 5.32. The first kappa shape index (κ1) is 6.11. The third kappa shape index (κ3) is 1.49. The first-order valence-electron chi connectivity index (χ1n) is 2.54. The summed E-state index contributed by atoms with van der Waals surface area (Å²) in [4.78, 5) is 10.1. The predicted molar refractivity (Wildman–Crippen MR) is 32.8 cm³/mol. The maximum absolute atomic E-state index is 10.1. The van der Waals surface area contributed by atoms with Gasteiger partial charge in [-0.15, -0.1) is 11.8 Å². The maximum atomic E-state index is 10.1. The van der Waals surface area contributed by atoms with Crippen LogP contribution in [0.2, 0.25) is 0 Å². The Labute approximate surface area is 52.6 Å².